The molecule has 0 aliphatic carbocycles. The van der Waals surface area contributed by atoms with Crippen molar-refractivity contribution in [3.05, 3.63) is 67.2 Å². The summed E-state index contributed by atoms with van der Waals surface area (Å²) in [7, 11) is 0. The van der Waals surface area contributed by atoms with Crippen LogP contribution in [0.25, 0.3) is 0 Å². The molecule has 0 fully saturated rings. The fourth-order valence-electron chi connectivity index (χ4n) is 2.18. The molecule has 2 aromatic carbocycles. The van der Waals surface area contributed by atoms with E-state index in [1.165, 1.54) is 18.2 Å². The van der Waals surface area contributed by atoms with E-state index in [-0.39, 0.29) is 5.56 Å². The van der Waals surface area contributed by atoms with E-state index in [9.17, 15) is 8.78 Å². The second kappa shape index (κ2) is 7.65. The van der Waals surface area contributed by atoms with Crippen LogP contribution in [0.3, 0.4) is 0 Å². The van der Waals surface area contributed by atoms with Gasteiger partial charge in [-0.15, -0.1) is 0 Å². The van der Waals surface area contributed by atoms with Gasteiger partial charge in [0.2, 0.25) is 0 Å². The third kappa shape index (κ3) is 4.02. The van der Waals surface area contributed by atoms with Gasteiger partial charge in [0.05, 0.1) is 6.04 Å². The summed E-state index contributed by atoms with van der Waals surface area (Å²) in [5.41, 5.74) is 0.896. The van der Waals surface area contributed by atoms with Crippen molar-refractivity contribution in [2.75, 3.05) is 6.54 Å². The topological polar surface area (TPSA) is 12.0 Å². The third-order valence-corrected chi connectivity index (χ3v) is 4.55. The Labute approximate surface area is 145 Å². The van der Waals surface area contributed by atoms with E-state index in [0.29, 0.717) is 6.54 Å². The highest BCUT2D eigenvalue weighted by Crippen LogP contribution is 2.32. The summed E-state index contributed by atoms with van der Waals surface area (Å²) >= 11 is 5.67. The van der Waals surface area contributed by atoms with E-state index in [2.05, 4.69) is 43.8 Å². The molecule has 112 valence electrons. The molecule has 0 amide bonds. The Morgan fingerprint density at radius 2 is 1.86 bits per heavy atom. The predicted octanol–water partition coefficient (Wildman–Crippen LogP) is 5.42. The highest BCUT2D eigenvalue weighted by Gasteiger charge is 2.23. The smallest absolute Gasteiger partial charge is 0.131 e. The molecule has 1 nitrogen and oxygen atoms in total. The standard InChI is InChI=1S/C16H15BrF2IN/c1-2-8-21-16(11-9-10(20)6-7-12(11)17)15-13(18)4-3-5-14(15)19/h3-7,9,16,21H,2,8H2,1H3. The highest BCUT2D eigenvalue weighted by atomic mass is 127. The summed E-state index contributed by atoms with van der Waals surface area (Å²) in [6, 6.07) is 9.23. The van der Waals surface area contributed by atoms with Crippen LogP contribution < -0.4 is 5.32 Å². The van der Waals surface area contributed by atoms with Crippen LogP contribution in [0.2, 0.25) is 0 Å². The summed E-state index contributed by atoms with van der Waals surface area (Å²) in [6.45, 7) is 2.70. The van der Waals surface area contributed by atoms with E-state index in [4.69, 9.17) is 0 Å². The van der Waals surface area contributed by atoms with Gasteiger partial charge in [0.1, 0.15) is 11.6 Å². The van der Waals surface area contributed by atoms with Crippen LogP contribution in [0.15, 0.2) is 40.9 Å². The molecule has 1 atom stereocenters. The fraction of sp³-hybridized carbons (Fsp3) is 0.250. The van der Waals surface area contributed by atoms with Crippen molar-refractivity contribution in [3.63, 3.8) is 0 Å². The average Bonchev–Trinajstić information content (AvgIpc) is 2.45. The molecule has 5 heteroatoms. The third-order valence-electron chi connectivity index (χ3n) is 3.16. The summed E-state index contributed by atoms with van der Waals surface area (Å²) in [6.07, 6.45) is 0.883. The largest absolute Gasteiger partial charge is 0.306 e. The molecule has 0 heterocycles. The van der Waals surface area contributed by atoms with Gasteiger partial charge in [-0.2, -0.15) is 0 Å². The Bertz CT molecular complexity index is 613. The van der Waals surface area contributed by atoms with E-state index >= 15 is 0 Å². The lowest BCUT2D eigenvalue weighted by atomic mass is 9.97. The lowest BCUT2D eigenvalue weighted by Gasteiger charge is -2.22. The van der Waals surface area contributed by atoms with Crippen LogP contribution >= 0.6 is 38.5 Å². The molecular formula is C16H15BrF2IN. The van der Waals surface area contributed by atoms with E-state index in [1.807, 2.05) is 25.1 Å². The van der Waals surface area contributed by atoms with Gasteiger partial charge in [-0.1, -0.05) is 28.9 Å². The molecule has 2 rings (SSSR count). The number of hydrogen-bond donors (Lipinski definition) is 1. The van der Waals surface area contributed by atoms with Crippen molar-refractivity contribution in [2.24, 2.45) is 0 Å². The molecule has 0 aromatic heterocycles. The van der Waals surface area contributed by atoms with Crippen LogP contribution in [0.5, 0.6) is 0 Å². The molecular weight excluding hydrogens is 451 g/mol. The van der Waals surface area contributed by atoms with Crippen molar-refractivity contribution < 1.29 is 8.78 Å². The zero-order valence-electron chi connectivity index (χ0n) is 11.5. The molecule has 0 aliphatic heterocycles. The first-order chi connectivity index (χ1) is 10.0. The van der Waals surface area contributed by atoms with Gasteiger partial charge < -0.3 is 5.32 Å². The van der Waals surface area contributed by atoms with E-state index < -0.39 is 17.7 Å². The number of halogens is 4. The van der Waals surface area contributed by atoms with Crippen LogP contribution in [-0.2, 0) is 0 Å². The number of hydrogen-bond acceptors (Lipinski definition) is 1. The number of nitrogens with one attached hydrogen (secondary N) is 1. The second-order valence-electron chi connectivity index (χ2n) is 4.69. The molecule has 1 N–H and O–H groups in total. The molecule has 0 saturated heterocycles. The van der Waals surface area contributed by atoms with Crippen LogP contribution in [-0.4, -0.2) is 6.54 Å². The minimum absolute atomic E-state index is 0.0636. The normalized spacial score (nSPS) is 12.4. The first-order valence-electron chi connectivity index (χ1n) is 6.66. The average molecular weight is 466 g/mol. The second-order valence-corrected chi connectivity index (χ2v) is 6.79. The van der Waals surface area contributed by atoms with E-state index in [0.717, 1.165) is 20.0 Å². The number of benzene rings is 2. The van der Waals surface area contributed by atoms with Gasteiger partial charge in [-0.25, -0.2) is 8.78 Å². The SMILES string of the molecule is CCCNC(c1cc(I)ccc1Br)c1c(F)cccc1F. The molecule has 0 spiro atoms. The zero-order chi connectivity index (χ0) is 15.4. The summed E-state index contributed by atoms with van der Waals surface area (Å²) in [4.78, 5) is 0. The Morgan fingerprint density at radius 3 is 2.48 bits per heavy atom. The molecule has 0 aliphatic rings. The summed E-state index contributed by atoms with van der Waals surface area (Å²) < 4.78 is 30.1. The molecule has 0 bridgehead atoms. The molecule has 0 saturated carbocycles. The highest BCUT2D eigenvalue weighted by molar-refractivity contribution is 14.1. The van der Waals surface area contributed by atoms with Gasteiger partial charge >= 0.3 is 0 Å². The van der Waals surface area contributed by atoms with Crippen LogP contribution in [0, 0.1) is 15.2 Å². The van der Waals surface area contributed by atoms with Crippen molar-refractivity contribution >= 4 is 38.5 Å². The van der Waals surface area contributed by atoms with Gasteiger partial charge in [0, 0.05) is 13.6 Å². The van der Waals surface area contributed by atoms with Crippen molar-refractivity contribution in [1.82, 2.24) is 5.32 Å². The Balaban J connectivity index is 2.55. The van der Waals surface area contributed by atoms with Gasteiger partial charge in [0.15, 0.2) is 0 Å². The fourth-order valence-corrected chi connectivity index (χ4v) is 3.17. The van der Waals surface area contributed by atoms with Crippen molar-refractivity contribution in [1.29, 1.82) is 0 Å². The molecule has 0 radical (unpaired) electrons. The Kier molecular flexibility index (Phi) is 6.13. The molecule has 1 unspecified atom stereocenters. The minimum atomic E-state index is -0.533. The van der Waals surface area contributed by atoms with Crippen molar-refractivity contribution in [3.8, 4) is 0 Å². The van der Waals surface area contributed by atoms with Crippen LogP contribution in [0.1, 0.15) is 30.5 Å². The maximum atomic E-state index is 14.1. The van der Waals surface area contributed by atoms with Gasteiger partial charge in [-0.05, 0) is 71.5 Å². The lowest BCUT2D eigenvalue weighted by molar-refractivity contribution is 0.502. The first-order valence-corrected chi connectivity index (χ1v) is 8.54. The van der Waals surface area contributed by atoms with E-state index in [1.54, 1.807) is 0 Å². The zero-order valence-corrected chi connectivity index (χ0v) is 15.2. The molecule has 21 heavy (non-hydrogen) atoms. The quantitative estimate of drug-likeness (QED) is 0.581. The summed E-state index contributed by atoms with van der Waals surface area (Å²) in [5.74, 6) is -1.07. The Morgan fingerprint density at radius 1 is 1.19 bits per heavy atom. The maximum Gasteiger partial charge on any atom is 0.131 e. The Hall–Kier alpha value is -0.530. The first kappa shape index (κ1) is 16.8. The van der Waals surface area contributed by atoms with Gasteiger partial charge in [0.25, 0.3) is 0 Å². The van der Waals surface area contributed by atoms with Gasteiger partial charge in [-0.3, -0.25) is 0 Å². The van der Waals surface area contributed by atoms with Crippen molar-refractivity contribution in [2.45, 2.75) is 19.4 Å². The van der Waals surface area contributed by atoms with Crippen LogP contribution in [0.4, 0.5) is 8.78 Å². The summed E-state index contributed by atoms with van der Waals surface area (Å²) in [5, 5.41) is 3.24. The molecule has 2 aromatic rings. The monoisotopic (exact) mass is 465 g/mol. The minimum Gasteiger partial charge on any atom is -0.306 e. The lowest BCUT2D eigenvalue weighted by Crippen LogP contribution is -2.25. The number of rotatable bonds is 5. The predicted molar refractivity (Wildman–Crippen MR) is 93.4 cm³/mol. The maximum absolute atomic E-state index is 14.1.